The van der Waals surface area contributed by atoms with Crippen LogP contribution in [0.15, 0.2) is 4.52 Å². The highest BCUT2D eigenvalue weighted by Gasteiger charge is 2.42. The second-order valence-electron chi connectivity index (χ2n) is 4.26. The summed E-state index contributed by atoms with van der Waals surface area (Å²) in [5, 5.41) is 6.49. The zero-order valence-corrected chi connectivity index (χ0v) is 9.27. The minimum Gasteiger partial charge on any atom is -0.338 e. The van der Waals surface area contributed by atoms with Gasteiger partial charge in [-0.2, -0.15) is 4.98 Å². The van der Waals surface area contributed by atoms with Gasteiger partial charge in [-0.1, -0.05) is 5.16 Å². The first-order chi connectivity index (χ1) is 7.14. The molecule has 7 heteroatoms. The minimum atomic E-state index is -2.65. The van der Waals surface area contributed by atoms with Crippen molar-refractivity contribution in [2.24, 2.45) is 0 Å². The van der Waals surface area contributed by atoms with Gasteiger partial charge in [0.2, 0.25) is 5.89 Å². The summed E-state index contributed by atoms with van der Waals surface area (Å²) in [4.78, 5) is 4.15. The molecule has 2 fully saturated rings. The van der Waals surface area contributed by atoms with Crippen LogP contribution in [0.5, 0.6) is 0 Å². The number of alkyl halides is 2. The molecule has 2 aliphatic rings. The van der Waals surface area contributed by atoms with Crippen LogP contribution in [0, 0.1) is 0 Å². The Morgan fingerprint density at radius 2 is 2.12 bits per heavy atom. The van der Waals surface area contributed by atoms with E-state index in [2.05, 4.69) is 15.5 Å². The Morgan fingerprint density at radius 3 is 2.69 bits per heavy atom. The van der Waals surface area contributed by atoms with E-state index >= 15 is 0 Å². The molecule has 16 heavy (non-hydrogen) atoms. The Morgan fingerprint density at radius 1 is 1.38 bits per heavy atom. The molecular weight excluding hydrogens is 240 g/mol. The zero-order valence-electron chi connectivity index (χ0n) is 8.45. The SMILES string of the molecule is Cl.FC1(F)CNC(c2nc(C3CC3)no2)C1. The lowest BCUT2D eigenvalue weighted by atomic mass is 10.2. The van der Waals surface area contributed by atoms with Crippen molar-refractivity contribution in [3.05, 3.63) is 11.7 Å². The van der Waals surface area contributed by atoms with Gasteiger partial charge in [0.1, 0.15) is 0 Å². The Labute approximate surface area is 97.2 Å². The summed E-state index contributed by atoms with van der Waals surface area (Å²) in [6.45, 7) is -0.307. The summed E-state index contributed by atoms with van der Waals surface area (Å²) in [5.74, 6) is -1.29. The van der Waals surface area contributed by atoms with E-state index in [0.717, 1.165) is 12.8 Å². The van der Waals surface area contributed by atoms with E-state index in [0.29, 0.717) is 17.6 Å². The fourth-order valence-corrected chi connectivity index (χ4v) is 1.79. The maximum Gasteiger partial charge on any atom is 0.262 e. The van der Waals surface area contributed by atoms with Gasteiger partial charge in [-0.05, 0) is 12.8 Å². The molecule has 1 saturated carbocycles. The van der Waals surface area contributed by atoms with E-state index in [1.54, 1.807) is 0 Å². The van der Waals surface area contributed by atoms with Crippen LogP contribution in [0.4, 0.5) is 8.78 Å². The van der Waals surface area contributed by atoms with Crippen molar-refractivity contribution in [3.8, 4) is 0 Å². The Balaban J connectivity index is 0.000000963. The van der Waals surface area contributed by atoms with Gasteiger partial charge < -0.3 is 4.52 Å². The maximum atomic E-state index is 12.9. The van der Waals surface area contributed by atoms with Crippen molar-refractivity contribution >= 4 is 12.4 Å². The Bertz CT molecular complexity index is 381. The molecule has 1 aliphatic carbocycles. The molecule has 0 radical (unpaired) electrons. The van der Waals surface area contributed by atoms with E-state index in [1.807, 2.05) is 0 Å². The standard InChI is InChI=1S/C9H11F2N3O.ClH/c10-9(11)3-6(12-4-9)8-13-7(14-15-8)5-1-2-5;/h5-6,12H,1-4H2;1H. The van der Waals surface area contributed by atoms with Crippen LogP contribution in [0.25, 0.3) is 0 Å². The van der Waals surface area contributed by atoms with Gasteiger partial charge in [-0.25, -0.2) is 8.78 Å². The first-order valence-electron chi connectivity index (χ1n) is 5.09. The highest BCUT2D eigenvalue weighted by molar-refractivity contribution is 5.85. The molecule has 1 aromatic heterocycles. The maximum absolute atomic E-state index is 12.9. The first-order valence-corrected chi connectivity index (χ1v) is 5.09. The lowest BCUT2D eigenvalue weighted by Crippen LogP contribution is -2.19. The third-order valence-electron chi connectivity index (χ3n) is 2.81. The number of hydrogen-bond acceptors (Lipinski definition) is 4. The van der Waals surface area contributed by atoms with E-state index in [1.165, 1.54) is 0 Å². The van der Waals surface area contributed by atoms with Crippen LogP contribution < -0.4 is 5.32 Å². The van der Waals surface area contributed by atoms with Crippen LogP contribution >= 0.6 is 12.4 Å². The molecule has 3 rings (SSSR count). The molecule has 0 spiro atoms. The second kappa shape index (κ2) is 3.92. The fraction of sp³-hybridized carbons (Fsp3) is 0.778. The molecule has 0 aromatic carbocycles. The topological polar surface area (TPSA) is 51.0 Å². The summed E-state index contributed by atoms with van der Waals surface area (Å²) in [7, 11) is 0. The van der Waals surface area contributed by atoms with E-state index < -0.39 is 12.0 Å². The van der Waals surface area contributed by atoms with Crippen LogP contribution in [-0.4, -0.2) is 22.6 Å². The molecule has 1 aliphatic heterocycles. The first kappa shape index (κ1) is 11.7. The van der Waals surface area contributed by atoms with Crippen molar-refractivity contribution in [1.29, 1.82) is 0 Å². The molecule has 0 bridgehead atoms. The summed E-state index contributed by atoms with van der Waals surface area (Å²) < 4.78 is 30.8. The lowest BCUT2D eigenvalue weighted by molar-refractivity contribution is 0.0200. The summed E-state index contributed by atoms with van der Waals surface area (Å²) in [5.41, 5.74) is 0. The van der Waals surface area contributed by atoms with Crippen molar-refractivity contribution in [2.45, 2.75) is 37.1 Å². The molecule has 1 saturated heterocycles. The van der Waals surface area contributed by atoms with Gasteiger partial charge in [0, 0.05) is 12.3 Å². The fourth-order valence-electron chi connectivity index (χ4n) is 1.79. The average molecular weight is 252 g/mol. The monoisotopic (exact) mass is 251 g/mol. The van der Waals surface area contributed by atoms with Gasteiger partial charge in [0.15, 0.2) is 5.82 Å². The third kappa shape index (κ3) is 2.17. The van der Waals surface area contributed by atoms with E-state index in [9.17, 15) is 8.78 Å². The second-order valence-corrected chi connectivity index (χ2v) is 4.26. The third-order valence-corrected chi connectivity index (χ3v) is 2.81. The predicted octanol–water partition coefficient (Wildman–Crippen LogP) is 2.04. The van der Waals surface area contributed by atoms with Crippen LogP contribution in [0.3, 0.4) is 0 Å². The zero-order chi connectivity index (χ0) is 10.5. The molecular formula is C9H12ClF2N3O. The molecule has 2 heterocycles. The summed E-state index contributed by atoms with van der Waals surface area (Å²) >= 11 is 0. The highest BCUT2D eigenvalue weighted by atomic mass is 35.5. The molecule has 1 unspecified atom stereocenters. The number of halogens is 3. The highest BCUT2D eigenvalue weighted by Crippen LogP contribution is 2.39. The number of hydrogen-bond donors (Lipinski definition) is 1. The minimum absolute atomic E-state index is 0. The van der Waals surface area contributed by atoms with E-state index in [-0.39, 0.29) is 25.4 Å². The normalized spacial score (nSPS) is 27.8. The lowest BCUT2D eigenvalue weighted by Gasteiger charge is -2.04. The van der Waals surface area contributed by atoms with Crippen LogP contribution in [-0.2, 0) is 0 Å². The van der Waals surface area contributed by atoms with E-state index in [4.69, 9.17) is 4.52 Å². The average Bonchev–Trinajstić information content (AvgIpc) is 2.79. The molecule has 0 amide bonds. The smallest absolute Gasteiger partial charge is 0.262 e. The van der Waals surface area contributed by atoms with Gasteiger partial charge in [-0.3, -0.25) is 5.32 Å². The molecule has 1 aromatic rings. The van der Waals surface area contributed by atoms with Crippen LogP contribution in [0.2, 0.25) is 0 Å². The van der Waals surface area contributed by atoms with Crippen molar-refractivity contribution < 1.29 is 13.3 Å². The summed E-state index contributed by atoms with van der Waals surface area (Å²) in [6.07, 6.45) is 1.90. The quantitative estimate of drug-likeness (QED) is 0.874. The van der Waals surface area contributed by atoms with Crippen molar-refractivity contribution in [1.82, 2.24) is 15.5 Å². The van der Waals surface area contributed by atoms with Gasteiger partial charge >= 0.3 is 0 Å². The van der Waals surface area contributed by atoms with Gasteiger partial charge in [0.25, 0.3) is 5.92 Å². The van der Waals surface area contributed by atoms with Crippen molar-refractivity contribution in [2.75, 3.05) is 6.54 Å². The summed E-state index contributed by atoms with van der Waals surface area (Å²) in [6, 6.07) is -0.486. The molecule has 1 atom stereocenters. The predicted molar refractivity (Wildman–Crippen MR) is 53.8 cm³/mol. The Hall–Kier alpha value is -0.750. The molecule has 1 N–H and O–H groups in total. The van der Waals surface area contributed by atoms with Crippen LogP contribution in [0.1, 0.15) is 42.9 Å². The molecule has 90 valence electrons. The van der Waals surface area contributed by atoms with Gasteiger partial charge in [0.05, 0.1) is 12.6 Å². The number of nitrogens with zero attached hydrogens (tertiary/aromatic N) is 2. The van der Waals surface area contributed by atoms with Gasteiger partial charge in [-0.15, -0.1) is 12.4 Å². The number of rotatable bonds is 2. The largest absolute Gasteiger partial charge is 0.338 e. The van der Waals surface area contributed by atoms with Crippen molar-refractivity contribution in [3.63, 3.8) is 0 Å². The number of aromatic nitrogens is 2. The molecule has 4 nitrogen and oxygen atoms in total. The number of nitrogens with one attached hydrogen (secondary N) is 1. The Kier molecular flexibility index (Phi) is 2.88.